The fourth-order valence-corrected chi connectivity index (χ4v) is 2.03. The van der Waals surface area contributed by atoms with Gasteiger partial charge in [-0.25, -0.2) is 0 Å². The molecule has 0 saturated carbocycles. The van der Waals surface area contributed by atoms with Crippen molar-refractivity contribution in [2.45, 2.75) is 25.3 Å². The molecule has 6 nitrogen and oxygen atoms in total. The third-order valence-corrected chi connectivity index (χ3v) is 2.99. The SMILES string of the molecule is O=C(Nc1ccccc1[N+](=O)[O-])[C@@H]1CCCCN1. The Morgan fingerprint density at radius 1 is 1.39 bits per heavy atom. The second kappa shape index (κ2) is 5.59. The molecule has 1 fully saturated rings. The summed E-state index contributed by atoms with van der Waals surface area (Å²) in [6.07, 6.45) is 2.84. The van der Waals surface area contributed by atoms with Gasteiger partial charge in [-0.15, -0.1) is 0 Å². The number of piperidine rings is 1. The smallest absolute Gasteiger partial charge is 0.292 e. The number of rotatable bonds is 3. The Hall–Kier alpha value is -1.95. The number of nitrogens with zero attached hydrogens (tertiary/aromatic N) is 1. The third-order valence-electron chi connectivity index (χ3n) is 2.99. The molecule has 96 valence electrons. The van der Waals surface area contributed by atoms with Crippen LogP contribution < -0.4 is 10.6 Å². The van der Waals surface area contributed by atoms with Crippen LogP contribution in [0, 0.1) is 10.1 Å². The first-order valence-corrected chi connectivity index (χ1v) is 5.96. The molecule has 18 heavy (non-hydrogen) atoms. The summed E-state index contributed by atoms with van der Waals surface area (Å²) in [4.78, 5) is 22.3. The Kier molecular flexibility index (Phi) is 3.88. The van der Waals surface area contributed by atoms with Gasteiger partial charge in [-0.1, -0.05) is 18.6 Å². The highest BCUT2D eigenvalue weighted by atomic mass is 16.6. The maximum Gasteiger partial charge on any atom is 0.292 e. The molecule has 6 heteroatoms. The Morgan fingerprint density at radius 2 is 2.17 bits per heavy atom. The van der Waals surface area contributed by atoms with Gasteiger partial charge in [-0.3, -0.25) is 14.9 Å². The summed E-state index contributed by atoms with van der Waals surface area (Å²) in [5, 5.41) is 16.5. The highest BCUT2D eigenvalue weighted by molar-refractivity contribution is 5.96. The summed E-state index contributed by atoms with van der Waals surface area (Å²) in [5.41, 5.74) is 0.168. The van der Waals surface area contributed by atoms with Crippen LogP contribution in [0.15, 0.2) is 24.3 Å². The average molecular weight is 249 g/mol. The molecule has 1 aliphatic heterocycles. The van der Waals surface area contributed by atoms with Gasteiger partial charge in [0.25, 0.3) is 5.69 Å². The molecule has 0 unspecified atom stereocenters. The first-order chi connectivity index (χ1) is 8.68. The Morgan fingerprint density at radius 3 is 2.83 bits per heavy atom. The van der Waals surface area contributed by atoms with Crippen LogP contribution >= 0.6 is 0 Å². The molecule has 0 aromatic heterocycles. The van der Waals surface area contributed by atoms with E-state index in [1.807, 2.05) is 0 Å². The predicted octanol–water partition coefficient (Wildman–Crippen LogP) is 1.68. The van der Waals surface area contributed by atoms with Gasteiger partial charge in [0.2, 0.25) is 5.91 Å². The number of anilines is 1. The fourth-order valence-electron chi connectivity index (χ4n) is 2.03. The summed E-state index contributed by atoms with van der Waals surface area (Å²) in [6, 6.07) is 5.91. The van der Waals surface area contributed by atoms with E-state index in [-0.39, 0.29) is 23.3 Å². The van der Waals surface area contributed by atoms with Crippen molar-refractivity contribution in [2.75, 3.05) is 11.9 Å². The molecular formula is C12H15N3O3. The molecule has 1 amide bonds. The lowest BCUT2D eigenvalue weighted by atomic mass is 10.0. The average Bonchev–Trinajstić information content (AvgIpc) is 2.40. The van der Waals surface area contributed by atoms with Crippen LogP contribution in [0.4, 0.5) is 11.4 Å². The third kappa shape index (κ3) is 2.84. The van der Waals surface area contributed by atoms with E-state index in [0.29, 0.717) is 0 Å². The van der Waals surface area contributed by atoms with Crippen molar-refractivity contribution < 1.29 is 9.72 Å². The van der Waals surface area contributed by atoms with Gasteiger partial charge in [0.15, 0.2) is 0 Å². The van der Waals surface area contributed by atoms with Gasteiger partial charge >= 0.3 is 0 Å². The zero-order valence-corrected chi connectivity index (χ0v) is 9.89. The summed E-state index contributed by atoms with van der Waals surface area (Å²) in [6.45, 7) is 0.814. The fraction of sp³-hybridized carbons (Fsp3) is 0.417. The van der Waals surface area contributed by atoms with Crippen molar-refractivity contribution in [2.24, 2.45) is 0 Å². The highest BCUT2D eigenvalue weighted by Gasteiger charge is 2.22. The van der Waals surface area contributed by atoms with E-state index in [1.165, 1.54) is 6.07 Å². The molecule has 0 spiro atoms. The van der Waals surface area contributed by atoms with E-state index < -0.39 is 4.92 Å². The lowest BCUT2D eigenvalue weighted by Gasteiger charge is -2.22. The number of carbonyl (C=O) groups is 1. The summed E-state index contributed by atoms with van der Waals surface area (Å²) >= 11 is 0. The van der Waals surface area contributed by atoms with E-state index in [9.17, 15) is 14.9 Å². The molecule has 2 rings (SSSR count). The largest absolute Gasteiger partial charge is 0.319 e. The van der Waals surface area contributed by atoms with Gasteiger partial charge < -0.3 is 10.6 Å². The molecule has 1 aromatic rings. The number of nitro groups is 1. The normalized spacial score (nSPS) is 19.2. The lowest BCUT2D eigenvalue weighted by Crippen LogP contribution is -2.43. The minimum Gasteiger partial charge on any atom is -0.319 e. The zero-order chi connectivity index (χ0) is 13.0. The predicted molar refractivity (Wildman–Crippen MR) is 67.4 cm³/mol. The van der Waals surface area contributed by atoms with Crippen molar-refractivity contribution >= 4 is 17.3 Å². The molecular weight excluding hydrogens is 234 g/mol. The van der Waals surface area contributed by atoms with Gasteiger partial charge in [0.1, 0.15) is 5.69 Å². The monoisotopic (exact) mass is 249 g/mol. The van der Waals surface area contributed by atoms with Crippen LogP contribution in [0.3, 0.4) is 0 Å². The van der Waals surface area contributed by atoms with Crippen LogP contribution in [-0.2, 0) is 4.79 Å². The van der Waals surface area contributed by atoms with E-state index in [2.05, 4.69) is 10.6 Å². The zero-order valence-electron chi connectivity index (χ0n) is 9.89. The van der Waals surface area contributed by atoms with Crippen LogP contribution in [0.2, 0.25) is 0 Å². The number of para-hydroxylation sites is 2. The lowest BCUT2D eigenvalue weighted by molar-refractivity contribution is -0.383. The van der Waals surface area contributed by atoms with Crippen molar-refractivity contribution in [3.8, 4) is 0 Å². The first kappa shape index (κ1) is 12.5. The number of nitrogens with one attached hydrogen (secondary N) is 2. The van der Waals surface area contributed by atoms with Crippen LogP contribution in [0.1, 0.15) is 19.3 Å². The summed E-state index contributed by atoms with van der Waals surface area (Å²) in [7, 11) is 0. The Bertz CT molecular complexity index is 456. The van der Waals surface area contributed by atoms with Crippen molar-refractivity contribution in [3.63, 3.8) is 0 Å². The van der Waals surface area contributed by atoms with E-state index >= 15 is 0 Å². The molecule has 0 aliphatic carbocycles. The minimum absolute atomic E-state index is 0.0818. The Labute approximate surface area is 105 Å². The quantitative estimate of drug-likeness (QED) is 0.630. The van der Waals surface area contributed by atoms with E-state index in [0.717, 1.165) is 25.8 Å². The van der Waals surface area contributed by atoms with Gasteiger partial charge in [-0.05, 0) is 25.5 Å². The number of nitro benzene ring substituents is 1. The van der Waals surface area contributed by atoms with Gasteiger partial charge in [-0.2, -0.15) is 0 Å². The molecule has 1 atom stereocenters. The second-order valence-corrected chi connectivity index (χ2v) is 4.27. The number of carbonyl (C=O) groups excluding carboxylic acids is 1. The summed E-state index contributed by atoms with van der Waals surface area (Å²) < 4.78 is 0. The van der Waals surface area contributed by atoms with Gasteiger partial charge in [0, 0.05) is 6.07 Å². The van der Waals surface area contributed by atoms with Crippen molar-refractivity contribution in [3.05, 3.63) is 34.4 Å². The highest BCUT2D eigenvalue weighted by Crippen LogP contribution is 2.23. The maximum absolute atomic E-state index is 11.9. The summed E-state index contributed by atoms with van der Waals surface area (Å²) in [5.74, 6) is -0.205. The molecule has 1 aromatic carbocycles. The molecule has 1 heterocycles. The number of hydrogen-bond acceptors (Lipinski definition) is 4. The topological polar surface area (TPSA) is 84.3 Å². The number of benzene rings is 1. The standard InChI is InChI=1S/C12H15N3O3/c16-12(10-6-3-4-8-13-10)14-9-5-1-2-7-11(9)15(17)18/h1-2,5,7,10,13H,3-4,6,8H2,(H,14,16)/t10-/m0/s1. The Balaban J connectivity index is 2.08. The number of hydrogen-bond donors (Lipinski definition) is 2. The van der Waals surface area contributed by atoms with Crippen LogP contribution in [-0.4, -0.2) is 23.4 Å². The molecule has 2 N–H and O–H groups in total. The molecule has 0 bridgehead atoms. The van der Waals surface area contributed by atoms with Crippen molar-refractivity contribution in [1.82, 2.24) is 5.32 Å². The molecule has 1 saturated heterocycles. The second-order valence-electron chi connectivity index (χ2n) is 4.27. The first-order valence-electron chi connectivity index (χ1n) is 5.96. The number of amides is 1. The van der Waals surface area contributed by atoms with Crippen LogP contribution in [0.5, 0.6) is 0 Å². The molecule has 0 radical (unpaired) electrons. The van der Waals surface area contributed by atoms with Crippen molar-refractivity contribution in [1.29, 1.82) is 0 Å². The van der Waals surface area contributed by atoms with Gasteiger partial charge in [0.05, 0.1) is 11.0 Å². The molecule has 1 aliphatic rings. The van der Waals surface area contributed by atoms with Crippen LogP contribution in [0.25, 0.3) is 0 Å². The minimum atomic E-state index is -0.496. The van der Waals surface area contributed by atoms with E-state index in [4.69, 9.17) is 0 Å². The maximum atomic E-state index is 11.9. The van der Waals surface area contributed by atoms with E-state index in [1.54, 1.807) is 18.2 Å².